The van der Waals surface area contributed by atoms with Crippen LogP contribution in [0, 0.1) is 5.41 Å². The molecule has 1 aromatic rings. The molecule has 0 aromatic carbocycles. The normalized spacial score (nSPS) is 20.2. The van der Waals surface area contributed by atoms with Gasteiger partial charge in [-0.2, -0.15) is 15.4 Å². The van der Waals surface area contributed by atoms with Gasteiger partial charge in [0.2, 0.25) is 0 Å². The molecule has 1 aliphatic carbocycles. The SMILES string of the molecule is CN(C(=O)c1cn[nH]n1)C1CCC(C)(C)CC1. The number of H-pyrrole nitrogens is 1. The lowest BCUT2D eigenvalue weighted by atomic mass is 9.75. The number of aromatic nitrogens is 3. The fourth-order valence-electron chi connectivity index (χ4n) is 2.42. The second-order valence-electron chi connectivity index (χ2n) is 5.67. The molecule has 5 nitrogen and oxygen atoms in total. The second kappa shape index (κ2) is 4.47. The lowest BCUT2D eigenvalue weighted by Gasteiger charge is -2.38. The lowest BCUT2D eigenvalue weighted by molar-refractivity contribution is 0.0629. The van der Waals surface area contributed by atoms with Gasteiger partial charge in [-0.25, -0.2) is 0 Å². The summed E-state index contributed by atoms with van der Waals surface area (Å²) < 4.78 is 0. The lowest BCUT2D eigenvalue weighted by Crippen LogP contribution is -2.41. The smallest absolute Gasteiger partial charge is 0.276 e. The highest BCUT2D eigenvalue weighted by atomic mass is 16.2. The highest BCUT2D eigenvalue weighted by Gasteiger charge is 2.31. The molecule has 0 saturated heterocycles. The van der Waals surface area contributed by atoms with Crippen LogP contribution in [0.5, 0.6) is 0 Å². The van der Waals surface area contributed by atoms with Gasteiger partial charge >= 0.3 is 0 Å². The number of aromatic amines is 1. The molecule has 1 N–H and O–H groups in total. The highest BCUT2D eigenvalue weighted by molar-refractivity contribution is 5.91. The van der Waals surface area contributed by atoms with Crippen LogP contribution < -0.4 is 0 Å². The molecular weight excluding hydrogens is 216 g/mol. The van der Waals surface area contributed by atoms with Crippen molar-refractivity contribution >= 4 is 5.91 Å². The van der Waals surface area contributed by atoms with E-state index in [0.29, 0.717) is 17.2 Å². The fraction of sp³-hybridized carbons (Fsp3) is 0.750. The van der Waals surface area contributed by atoms with E-state index in [2.05, 4.69) is 29.3 Å². The van der Waals surface area contributed by atoms with Crippen molar-refractivity contribution in [1.82, 2.24) is 20.3 Å². The molecule has 1 amide bonds. The van der Waals surface area contributed by atoms with E-state index in [9.17, 15) is 4.79 Å². The first-order valence-electron chi connectivity index (χ1n) is 6.12. The number of hydrogen-bond acceptors (Lipinski definition) is 3. The monoisotopic (exact) mass is 236 g/mol. The van der Waals surface area contributed by atoms with Crippen LogP contribution in [-0.4, -0.2) is 39.3 Å². The van der Waals surface area contributed by atoms with Crippen LogP contribution in [0.25, 0.3) is 0 Å². The Kier molecular flexibility index (Phi) is 3.17. The third kappa shape index (κ3) is 2.65. The van der Waals surface area contributed by atoms with E-state index in [1.807, 2.05) is 11.9 Å². The van der Waals surface area contributed by atoms with Gasteiger partial charge in [-0.3, -0.25) is 4.79 Å². The van der Waals surface area contributed by atoms with Gasteiger partial charge < -0.3 is 4.90 Å². The summed E-state index contributed by atoms with van der Waals surface area (Å²) in [7, 11) is 1.86. The number of rotatable bonds is 2. The zero-order valence-electron chi connectivity index (χ0n) is 10.7. The van der Waals surface area contributed by atoms with Crippen LogP contribution in [-0.2, 0) is 0 Å². The van der Waals surface area contributed by atoms with E-state index in [0.717, 1.165) is 12.8 Å². The summed E-state index contributed by atoms with van der Waals surface area (Å²) in [6.45, 7) is 4.59. The average molecular weight is 236 g/mol. The molecule has 0 atom stereocenters. The van der Waals surface area contributed by atoms with Crippen LogP contribution >= 0.6 is 0 Å². The third-order valence-corrected chi connectivity index (χ3v) is 3.81. The average Bonchev–Trinajstić information content (AvgIpc) is 2.80. The fourth-order valence-corrected chi connectivity index (χ4v) is 2.42. The van der Waals surface area contributed by atoms with E-state index < -0.39 is 0 Å². The van der Waals surface area contributed by atoms with Crippen molar-refractivity contribution in [3.8, 4) is 0 Å². The summed E-state index contributed by atoms with van der Waals surface area (Å²) >= 11 is 0. The Labute approximate surface area is 102 Å². The van der Waals surface area contributed by atoms with Gasteiger partial charge in [0, 0.05) is 13.1 Å². The summed E-state index contributed by atoms with van der Waals surface area (Å²) in [4.78, 5) is 13.9. The summed E-state index contributed by atoms with van der Waals surface area (Å²) in [6.07, 6.45) is 5.98. The van der Waals surface area contributed by atoms with E-state index in [4.69, 9.17) is 0 Å². The Hall–Kier alpha value is -1.39. The van der Waals surface area contributed by atoms with Crippen molar-refractivity contribution in [2.45, 2.75) is 45.6 Å². The number of hydrogen-bond donors (Lipinski definition) is 1. The molecule has 0 spiro atoms. The van der Waals surface area contributed by atoms with Crippen molar-refractivity contribution in [3.63, 3.8) is 0 Å². The molecular formula is C12H20N4O. The largest absolute Gasteiger partial charge is 0.337 e. The maximum Gasteiger partial charge on any atom is 0.276 e. The van der Waals surface area contributed by atoms with Crippen LogP contribution in [0.1, 0.15) is 50.0 Å². The van der Waals surface area contributed by atoms with Crippen molar-refractivity contribution in [2.75, 3.05) is 7.05 Å². The first-order valence-corrected chi connectivity index (χ1v) is 6.12. The maximum atomic E-state index is 12.1. The molecule has 1 aliphatic rings. The summed E-state index contributed by atoms with van der Waals surface area (Å²) in [5.74, 6) is -0.0385. The van der Waals surface area contributed by atoms with Gasteiger partial charge in [0.1, 0.15) is 0 Å². The molecule has 1 heterocycles. The zero-order valence-corrected chi connectivity index (χ0v) is 10.7. The molecule has 94 valence electrons. The van der Waals surface area contributed by atoms with Gasteiger partial charge in [-0.15, -0.1) is 0 Å². The van der Waals surface area contributed by atoms with Gasteiger partial charge in [0.05, 0.1) is 6.20 Å². The number of carbonyl (C=O) groups excluding carboxylic acids is 1. The molecule has 17 heavy (non-hydrogen) atoms. The Bertz CT molecular complexity index is 375. The van der Waals surface area contributed by atoms with Gasteiger partial charge in [0.15, 0.2) is 5.69 Å². The quantitative estimate of drug-likeness (QED) is 0.852. The summed E-state index contributed by atoms with van der Waals surface area (Å²) in [5.41, 5.74) is 0.825. The topological polar surface area (TPSA) is 61.9 Å². The van der Waals surface area contributed by atoms with Gasteiger partial charge in [-0.05, 0) is 31.1 Å². The van der Waals surface area contributed by atoms with Crippen molar-refractivity contribution < 1.29 is 4.79 Å². The Balaban J connectivity index is 1.97. The third-order valence-electron chi connectivity index (χ3n) is 3.81. The maximum absolute atomic E-state index is 12.1. The molecule has 2 rings (SSSR count). The standard InChI is InChI=1S/C12H20N4O/c1-12(2)6-4-9(5-7-12)16(3)11(17)10-8-13-15-14-10/h8-9H,4-7H2,1-3H3,(H,13,14,15). The Morgan fingerprint density at radius 3 is 2.65 bits per heavy atom. The summed E-state index contributed by atoms with van der Waals surface area (Å²) in [5, 5.41) is 9.98. The van der Waals surface area contributed by atoms with E-state index in [1.54, 1.807) is 0 Å². The minimum atomic E-state index is -0.0385. The highest BCUT2D eigenvalue weighted by Crippen LogP contribution is 2.36. The van der Waals surface area contributed by atoms with Crippen LogP contribution in [0.3, 0.4) is 0 Å². The molecule has 1 fully saturated rings. The summed E-state index contributed by atoms with van der Waals surface area (Å²) in [6, 6.07) is 0.340. The number of amides is 1. The van der Waals surface area contributed by atoms with Crippen molar-refractivity contribution in [2.24, 2.45) is 5.41 Å². The number of nitrogens with zero attached hydrogens (tertiary/aromatic N) is 3. The molecule has 1 saturated carbocycles. The first kappa shape index (κ1) is 12.1. The van der Waals surface area contributed by atoms with E-state index in [1.165, 1.54) is 19.0 Å². The minimum Gasteiger partial charge on any atom is -0.337 e. The second-order valence-corrected chi connectivity index (χ2v) is 5.67. The van der Waals surface area contributed by atoms with Crippen LogP contribution in [0.2, 0.25) is 0 Å². The van der Waals surface area contributed by atoms with E-state index in [-0.39, 0.29) is 5.91 Å². The van der Waals surface area contributed by atoms with Crippen LogP contribution in [0.4, 0.5) is 0 Å². The molecule has 1 aromatic heterocycles. The molecule has 0 radical (unpaired) electrons. The predicted octanol–water partition coefficient (Wildman–Crippen LogP) is 1.85. The Morgan fingerprint density at radius 2 is 2.12 bits per heavy atom. The zero-order chi connectivity index (χ0) is 12.5. The van der Waals surface area contributed by atoms with Gasteiger partial charge in [-0.1, -0.05) is 13.8 Å². The van der Waals surface area contributed by atoms with Crippen LogP contribution in [0.15, 0.2) is 6.20 Å². The minimum absolute atomic E-state index is 0.0385. The molecule has 0 aliphatic heterocycles. The van der Waals surface area contributed by atoms with Crippen molar-refractivity contribution in [1.29, 1.82) is 0 Å². The first-order chi connectivity index (χ1) is 7.99. The molecule has 0 bridgehead atoms. The van der Waals surface area contributed by atoms with Gasteiger partial charge in [0.25, 0.3) is 5.91 Å². The van der Waals surface area contributed by atoms with E-state index >= 15 is 0 Å². The predicted molar refractivity (Wildman–Crippen MR) is 64.5 cm³/mol. The molecule has 0 unspecified atom stereocenters. The van der Waals surface area contributed by atoms with Crippen molar-refractivity contribution in [3.05, 3.63) is 11.9 Å². The number of carbonyl (C=O) groups is 1. The molecule has 5 heteroatoms. The Morgan fingerprint density at radius 1 is 1.47 bits per heavy atom. The number of nitrogens with one attached hydrogen (secondary N) is 1.